The van der Waals surface area contributed by atoms with E-state index in [1.165, 1.54) is 5.56 Å². The molecule has 0 bridgehead atoms. The Hall–Kier alpha value is -2.93. The largest absolute Gasteiger partial charge is 0.206 e. The molecule has 3 rings (SSSR count). The van der Waals surface area contributed by atoms with E-state index in [4.69, 9.17) is 0 Å². The lowest BCUT2D eigenvalue weighted by atomic mass is 9.98. The third kappa shape index (κ3) is 3.88. The average Bonchev–Trinajstić information content (AvgIpc) is 2.64. The number of hydrogen-bond donors (Lipinski definition) is 0. The minimum Gasteiger partial charge on any atom is -0.206 e. The second kappa shape index (κ2) is 8.07. The van der Waals surface area contributed by atoms with Crippen LogP contribution < -0.4 is 0 Å². The van der Waals surface area contributed by atoms with E-state index >= 15 is 0 Å². The predicted molar refractivity (Wildman–Crippen MR) is 103 cm³/mol. The molecule has 0 heterocycles. The average molecular weight is 316 g/mol. The van der Waals surface area contributed by atoms with Crippen LogP contribution in [0.15, 0.2) is 86.5 Å². The number of rotatable bonds is 3. The van der Waals surface area contributed by atoms with Crippen LogP contribution in [-0.4, -0.2) is 0 Å². The van der Waals surface area contributed by atoms with Gasteiger partial charge in [-0.3, -0.25) is 0 Å². The Bertz CT molecular complexity index is 812. The van der Waals surface area contributed by atoms with Gasteiger partial charge in [-0.1, -0.05) is 78.9 Å². The van der Waals surface area contributed by atoms with E-state index in [-0.39, 0.29) is 5.82 Å². The lowest BCUT2D eigenvalue weighted by Gasteiger charge is -2.08. The SMILES string of the molecule is C=C.C=Cc1ccc(-c2ccc(-c3ccc(C)cc3)c(F)c2)cc1. The van der Waals surface area contributed by atoms with Gasteiger partial charge in [-0.25, -0.2) is 4.39 Å². The van der Waals surface area contributed by atoms with E-state index in [1.54, 1.807) is 12.1 Å². The summed E-state index contributed by atoms with van der Waals surface area (Å²) >= 11 is 0. The van der Waals surface area contributed by atoms with Crippen LogP contribution in [0.1, 0.15) is 11.1 Å². The number of benzene rings is 3. The van der Waals surface area contributed by atoms with E-state index in [0.717, 1.165) is 22.3 Å². The van der Waals surface area contributed by atoms with E-state index in [2.05, 4.69) is 19.7 Å². The number of halogens is 1. The van der Waals surface area contributed by atoms with Crippen molar-refractivity contribution in [2.75, 3.05) is 0 Å². The predicted octanol–water partition coefficient (Wildman–Crippen LogP) is 6.91. The summed E-state index contributed by atoms with van der Waals surface area (Å²) in [5.74, 6) is -0.200. The standard InChI is InChI=1S/C21H17F.C2H4/c1-3-16-6-10-17(11-7-16)19-12-13-20(21(22)14-19)18-8-4-15(2)5-9-18;1-2/h3-14H,1H2,2H3;1-2H2. The van der Waals surface area contributed by atoms with E-state index in [9.17, 15) is 4.39 Å². The van der Waals surface area contributed by atoms with Crippen LogP contribution in [0.4, 0.5) is 4.39 Å². The summed E-state index contributed by atoms with van der Waals surface area (Å²) in [4.78, 5) is 0. The molecule has 3 aromatic rings. The van der Waals surface area contributed by atoms with Crippen molar-refractivity contribution in [1.29, 1.82) is 0 Å². The molecule has 0 aliphatic heterocycles. The Labute approximate surface area is 143 Å². The molecular formula is C23H21F. The van der Waals surface area contributed by atoms with Crippen molar-refractivity contribution in [3.63, 3.8) is 0 Å². The van der Waals surface area contributed by atoms with E-state index < -0.39 is 0 Å². The Balaban J connectivity index is 0.00000100. The van der Waals surface area contributed by atoms with Gasteiger partial charge in [0.05, 0.1) is 0 Å². The summed E-state index contributed by atoms with van der Waals surface area (Å²) in [6.07, 6.45) is 1.80. The summed E-state index contributed by atoms with van der Waals surface area (Å²) in [5, 5.41) is 0. The van der Waals surface area contributed by atoms with Crippen molar-refractivity contribution in [1.82, 2.24) is 0 Å². The highest BCUT2D eigenvalue weighted by Gasteiger charge is 2.07. The molecule has 1 heteroatoms. The summed E-state index contributed by atoms with van der Waals surface area (Å²) < 4.78 is 14.5. The molecule has 0 atom stereocenters. The number of aryl methyl sites for hydroxylation is 1. The van der Waals surface area contributed by atoms with Crippen molar-refractivity contribution in [2.45, 2.75) is 6.92 Å². The maximum Gasteiger partial charge on any atom is 0.131 e. The first-order chi connectivity index (χ1) is 11.7. The molecule has 24 heavy (non-hydrogen) atoms. The van der Waals surface area contributed by atoms with Gasteiger partial charge in [0.15, 0.2) is 0 Å². The molecule has 3 aromatic carbocycles. The highest BCUT2D eigenvalue weighted by atomic mass is 19.1. The monoisotopic (exact) mass is 316 g/mol. The van der Waals surface area contributed by atoms with Crippen LogP contribution >= 0.6 is 0 Å². The smallest absolute Gasteiger partial charge is 0.131 e. The molecule has 0 aliphatic rings. The van der Waals surface area contributed by atoms with Crippen LogP contribution in [0.2, 0.25) is 0 Å². The van der Waals surface area contributed by atoms with Gasteiger partial charge in [-0.2, -0.15) is 0 Å². The van der Waals surface area contributed by atoms with Gasteiger partial charge < -0.3 is 0 Å². The zero-order valence-electron chi connectivity index (χ0n) is 13.9. The zero-order valence-corrected chi connectivity index (χ0v) is 13.9. The van der Waals surface area contributed by atoms with E-state index in [1.807, 2.05) is 67.6 Å². The second-order valence-electron chi connectivity index (χ2n) is 5.39. The first-order valence-corrected chi connectivity index (χ1v) is 7.77. The molecule has 0 aromatic heterocycles. The van der Waals surface area contributed by atoms with Gasteiger partial charge in [0.25, 0.3) is 0 Å². The van der Waals surface area contributed by atoms with Gasteiger partial charge in [-0.05, 0) is 35.2 Å². The highest BCUT2D eigenvalue weighted by molar-refractivity contribution is 5.71. The normalized spacial score (nSPS) is 9.75. The molecule has 0 N–H and O–H groups in total. The van der Waals surface area contributed by atoms with Crippen LogP contribution in [0.3, 0.4) is 0 Å². The van der Waals surface area contributed by atoms with Gasteiger partial charge in [-0.15, -0.1) is 13.2 Å². The molecule has 0 saturated heterocycles. The molecule has 0 fully saturated rings. The van der Waals surface area contributed by atoms with Crippen LogP contribution in [0.25, 0.3) is 28.3 Å². The summed E-state index contributed by atoms with van der Waals surface area (Å²) in [7, 11) is 0. The van der Waals surface area contributed by atoms with Crippen molar-refractivity contribution in [3.05, 3.63) is 103 Å². The van der Waals surface area contributed by atoms with Crippen LogP contribution in [-0.2, 0) is 0 Å². The maximum absolute atomic E-state index is 14.5. The lowest BCUT2D eigenvalue weighted by molar-refractivity contribution is 0.632. The van der Waals surface area contributed by atoms with Crippen LogP contribution in [0, 0.1) is 12.7 Å². The fraction of sp³-hybridized carbons (Fsp3) is 0.0435. The maximum atomic E-state index is 14.5. The molecule has 0 amide bonds. The Morgan fingerprint density at radius 3 is 1.83 bits per heavy atom. The molecular weight excluding hydrogens is 295 g/mol. The van der Waals surface area contributed by atoms with Crippen molar-refractivity contribution in [2.24, 2.45) is 0 Å². The fourth-order valence-electron chi connectivity index (χ4n) is 2.47. The zero-order chi connectivity index (χ0) is 17.5. The lowest BCUT2D eigenvalue weighted by Crippen LogP contribution is -1.87. The molecule has 0 aliphatic carbocycles. The molecule has 120 valence electrons. The Morgan fingerprint density at radius 2 is 1.29 bits per heavy atom. The van der Waals surface area contributed by atoms with Crippen LogP contribution in [0.5, 0.6) is 0 Å². The molecule has 0 spiro atoms. The Kier molecular flexibility index (Phi) is 5.86. The summed E-state index contributed by atoms with van der Waals surface area (Å²) in [6, 6.07) is 21.2. The van der Waals surface area contributed by atoms with Crippen molar-refractivity contribution < 1.29 is 4.39 Å². The van der Waals surface area contributed by atoms with Gasteiger partial charge >= 0.3 is 0 Å². The quantitative estimate of drug-likeness (QED) is 0.460. The molecule has 0 nitrogen and oxygen atoms in total. The van der Waals surface area contributed by atoms with Crippen molar-refractivity contribution in [3.8, 4) is 22.3 Å². The van der Waals surface area contributed by atoms with Gasteiger partial charge in [0, 0.05) is 5.56 Å². The molecule has 0 radical (unpaired) electrons. The number of hydrogen-bond acceptors (Lipinski definition) is 0. The van der Waals surface area contributed by atoms with Gasteiger partial charge in [0.1, 0.15) is 5.82 Å². The fourth-order valence-corrected chi connectivity index (χ4v) is 2.47. The first-order valence-electron chi connectivity index (χ1n) is 7.77. The Morgan fingerprint density at radius 1 is 0.750 bits per heavy atom. The topological polar surface area (TPSA) is 0 Å². The van der Waals surface area contributed by atoms with Gasteiger partial charge in [0.2, 0.25) is 0 Å². The summed E-state index contributed by atoms with van der Waals surface area (Å²) in [5.41, 5.74) is 5.63. The first kappa shape index (κ1) is 17.4. The van der Waals surface area contributed by atoms with E-state index in [0.29, 0.717) is 5.56 Å². The van der Waals surface area contributed by atoms with Crippen molar-refractivity contribution >= 4 is 6.08 Å². The summed E-state index contributed by atoms with van der Waals surface area (Å²) in [6.45, 7) is 11.8. The third-order valence-corrected chi connectivity index (χ3v) is 3.81. The second-order valence-corrected chi connectivity index (χ2v) is 5.39. The minimum atomic E-state index is -0.200. The highest BCUT2D eigenvalue weighted by Crippen LogP contribution is 2.28. The molecule has 0 saturated carbocycles. The minimum absolute atomic E-state index is 0.200. The molecule has 0 unspecified atom stereocenters. The third-order valence-electron chi connectivity index (χ3n) is 3.81.